The van der Waals surface area contributed by atoms with Crippen molar-refractivity contribution in [3.05, 3.63) is 57.2 Å². The van der Waals surface area contributed by atoms with Crippen LogP contribution in [0.1, 0.15) is 58.3 Å². The van der Waals surface area contributed by atoms with Crippen LogP contribution in [-0.2, 0) is 0 Å². The van der Waals surface area contributed by atoms with Crippen LogP contribution >= 0.6 is 23.2 Å². The molecule has 2 nitrogen and oxygen atoms in total. The summed E-state index contributed by atoms with van der Waals surface area (Å²) in [5, 5.41) is 1.55. The Morgan fingerprint density at radius 1 is 1.15 bits per heavy atom. The Morgan fingerprint density at radius 2 is 2.00 bits per heavy atom. The SMILES string of the molecule is CC1=CC(CN2CCCC2C/N=C/C2C=C(Cl)C=C(Cl)C2)CC(C23CC=C4C(CC4C2)C3)=C1. The van der Waals surface area contributed by atoms with Gasteiger partial charge in [0.05, 0.1) is 6.54 Å². The fraction of sp³-hybridized carbons (Fsp3) is 0.621. The molecule has 4 fully saturated rings. The predicted molar refractivity (Wildman–Crippen MR) is 140 cm³/mol. The molecule has 4 heteroatoms. The maximum Gasteiger partial charge on any atom is 0.0541 e. The van der Waals surface area contributed by atoms with Gasteiger partial charge in [0.25, 0.3) is 0 Å². The molecule has 5 unspecified atom stereocenters. The van der Waals surface area contributed by atoms with Gasteiger partial charge in [0, 0.05) is 34.8 Å². The molecule has 8 rings (SSSR count). The van der Waals surface area contributed by atoms with Crippen LogP contribution in [-0.4, -0.2) is 36.8 Å². The molecule has 4 bridgehead atoms. The molecule has 33 heavy (non-hydrogen) atoms. The van der Waals surface area contributed by atoms with E-state index in [9.17, 15) is 0 Å². The summed E-state index contributed by atoms with van der Waals surface area (Å²) in [5.74, 6) is 2.72. The average molecular weight is 484 g/mol. The lowest BCUT2D eigenvalue weighted by Crippen LogP contribution is -2.48. The van der Waals surface area contributed by atoms with Crippen LogP contribution in [0.2, 0.25) is 0 Å². The second-order valence-corrected chi connectivity index (χ2v) is 12.5. The molecule has 1 saturated heterocycles. The zero-order valence-electron chi connectivity index (χ0n) is 19.8. The third-order valence-electron chi connectivity index (χ3n) is 9.26. The minimum atomic E-state index is 0.229. The van der Waals surface area contributed by atoms with Gasteiger partial charge in [0.15, 0.2) is 0 Å². The molecular formula is C29H36Cl2N2. The van der Waals surface area contributed by atoms with Crippen LogP contribution in [0.5, 0.6) is 0 Å². The van der Waals surface area contributed by atoms with Crippen LogP contribution in [0.25, 0.3) is 0 Å². The zero-order valence-corrected chi connectivity index (χ0v) is 21.3. The van der Waals surface area contributed by atoms with E-state index in [1.165, 1.54) is 63.6 Å². The maximum absolute atomic E-state index is 6.21. The molecule has 7 aliphatic carbocycles. The molecule has 8 aliphatic rings. The molecule has 0 aromatic rings. The Labute approximate surface area is 209 Å². The van der Waals surface area contributed by atoms with E-state index in [1.54, 1.807) is 5.57 Å². The normalized spacial score (nSPS) is 40.2. The number of aliphatic imine (C=N–C) groups is 1. The van der Waals surface area contributed by atoms with Gasteiger partial charge in [-0.15, -0.1) is 0 Å². The van der Waals surface area contributed by atoms with Gasteiger partial charge in [-0.05, 0) is 94.1 Å². The number of halogens is 2. The molecular weight excluding hydrogens is 447 g/mol. The van der Waals surface area contributed by atoms with Crippen molar-refractivity contribution in [2.75, 3.05) is 19.6 Å². The molecule has 0 N–H and O–H groups in total. The Hall–Kier alpha value is -1.09. The fourth-order valence-electron chi connectivity index (χ4n) is 7.81. The van der Waals surface area contributed by atoms with E-state index >= 15 is 0 Å². The van der Waals surface area contributed by atoms with Crippen molar-refractivity contribution in [3.63, 3.8) is 0 Å². The minimum absolute atomic E-state index is 0.229. The van der Waals surface area contributed by atoms with Crippen molar-refractivity contribution < 1.29 is 0 Å². The number of hydrogen-bond donors (Lipinski definition) is 0. The van der Waals surface area contributed by atoms with Gasteiger partial charge in [-0.2, -0.15) is 0 Å². The van der Waals surface area contributed by atoms with Crippen molar-refractivity contribution in [3.8, 4) is 0 Å². The van der Waals surface area contributed by atoms with Crippen LogP contribution in [0.3, 0.4) is 0 Å². The van der Waals surface area contributed by atoms with Crippen molar-refractivity contribution in [2.45, 2.75) is 64.3 Å². The lowest BCUT2D eigenvalue weighted by atomic mass is 9.45. The van der Waals surface area contributed by atoms with Gasteiger partial charge < -0.3 is 0 Å². The smallest absolute Gasteiger partial charge is 0.0541 e. The first-order valence-electron chi connectivity index (χ1n) is 13.0. The largest absolute Gasteiger partial charge is 0.298 e. The molecule has 0 spiro atoms. The number of hydrogen-bond acceptors (Lipinski definition) is 2. The molecule has 0 aromatic heterocycles. The van der Waals surface area contributed by atoms with Gasteiger partial charge in [-0.3, -0.25) is 9.89 Å². The highest BCUT2D eigenvalue weighted by molar-refractivity contribution is 6.35. The average Bonchev–Trinajstić information content (AvgIpc) is 3.19. The van der Waals surface area contributed by atoms with Crippen molar-refractivity contribution in [1.29, 1.82) is 0 Å². The standard InChI is InChI=1S/C29H36Cl2N2/c1-19-7-21(9-24(8-19)29-5-4-28-22(14-29)12-23(28)15-29)18-33-6-2-3-27(33)17-32-16-20-10-25(30)13-26(31)11-20/h4,7-8,10,13,16,20-23,27H,2-3,5-6,9,11-12,14-15,17-18H2,1H3/b32-16+. The molecule has 5 atom stereocenters. The number of allylic oxidation sites excluding steroid dienone is 9. The number of nitrogens with zero attached hydrogens (tertiary/aromatic N) is 2. The first-order valence-corrected chi connectivity index (χ1v) is 13.8. The Morgan fingerprint density at radius 3 is 2.79 bits per heavy atom. The highest BCUT2D eigenvalue weighted by atomic mass is 35.5. The zero-order chi connectivity index (χ0) is 22.6. The Bertz CT molecular complexity index is 983. The van der Waals surface area contributed by atoms with Gasteiger partial charge >= 0.3 is 0 Å². The second kappa shape index (κ2) is 8.85. The van der Waals surface area contributed by atoms with Crippen molar-refractivity contribution >= 4 is 29.4 Å². The molecule has 176 valence electrons. The van der Waals surface area contributed by atoms with Gasteiger partial charge in [0.1, 0.15) is 0 Å². The fourth-order valence-corrected chi connectivity index (χ4v) is 8.45. The summed E-state index contributed by atoms with van der Waals surface area (Å²) >= 11 is 12.4. The topological polar surface area (TPSA) is 15.6 Å². The van der Waals surface area contributed by atoms with Crippen molar-refractivity contribution in [2.24, 2.45) is 34.1 Å². The first-order chi connectivity index (χ1) is 16.0. The Kier molecular flexibility index (Phi) is 6.00. The highest BCUT2D eigenvalue weighted by Crippen LogP contribution is 2.65. The van der Waals surface area contributed by atoms with Crippen molar-refractivity contribution in [1.82, 2.24) is 4.90 Å². The maximum atomic E-state index is 6.21. The van der Waals surface area contributed by atoms with E-state index < -0.39 is 0 Å². The Balaban J connectivity index is 1.07. The summed E-state index contributed by atoms with van der Waals surface area (Å²) in [4.78, 5) is 7.57. The number of rotatable bonds is 6. The second-order valence-electron chi connectivity index (χ2n) is 11.6. The monoisotopic (exact) mass is 482 g/mol. The molecule has 0 radical (unpaired) electrons. The summed E-state index contributed by atoms with van der Waals surface area (Å²) in [7, 11) is 0. The quantitative estimate of drug-likeness (QED) is 0.283. The summed E-state index contributed by atoms with van der Waals surface area (Å²) in [6.45, 7) is 5.61. The summed E-state index contributed by atoms with van der Waals surface area (Å²) in [5.41, 5.74) is 5.57. The third kappa shape index (κ3) is 4.37. The van der Waals surface area contributed by atoms with Crippen LogP contribution < -0.4 is 0 Å². The molecule has 0 aromatic carbocycles. The van der Waals surface area contributed by atoms with Gasteiger partial charge in [0.2, 0.25) is 0 Å². The summed E-state index contributed by atoms with van der Waals surface area (Å²) in [6, 6.07) is 0.569. The minimum Gasteiger partial charge on any atom is -0.298 e. The lowest BCUT2D eigenvalue weighted by molar-refractivity contribution is 0.0619. The van der Waals surface area contributed by atoms with Gasteiger partial charge in [-0.25, -0.2) is 0 Å². The first kappa shape index (κ1) is 22.4. The third-order valence-corrected chi connectivity index (χ3v) is 9.76. The van der Waals surface area contributed by atoms with E-state index in [0.29, 0.717) is 17.4 Å². The molecule has 1 aliphatic heterocycles. The van der Waals surface area contributed by atoms with Gasteiger partial charge in [-0.1, -0.05) is 64.2 Å². The van der Waals surface area contributed by atoms with Crippen LogP contribution in [0, 0.1) is 29.1 Å². The molecule has 3 saturated carbocycles. The van der Waals surface area contributed by atoms with Crippen LogP contribution in [0.4, 0.5) is 0 Å². The number of fused-ring (bicyclic) bond motifs is 1. The number of likely N-dealkylation sites (tertiary alicyclic amines) is 1. The lowest BCUT2D eigenvalue weighted by Gasteiger charge is -2.59. The van der Waals surface area contributed by atoms with E-state index in [1.807, 2.05) is 11.6 Å². The molecule has 1 heterocycles. The highest BCUT2D eigenvalue weighted by Gasteiger charge is 2.54. The van der Waals surface area contributed by atoms with E-state index in [0.717, 1.165) is 34.9 Å². The van der Waals surface area contributed by atoms with Crippen LogP contribution in [0.15, 0.2) is 62.2 Å². The molecule has 0 amide bonds. The summed E-state index contributed by atoms with van der Waals surface area (Å²) in [6.07, 6.45) is 24.0. The summed E-state index contributed by atoms with van der Waals surface area (Å²) < 4.78 is 0. The van der Waals surface area contributed by atoms with E-state index in [-0.39, 0.29) is 5.92 Å². The predicted octanol–water partition coefficient (Wildman–Crippen LogP) is 7.43. The van der Waals surface area contributed by atoms with E-state index in [2.05, 4.69) is 42.3 Å². The van der Waals surface area contributed by atoms with E-state index in [4.69, 9.17) is 28.2 Å².